The Morgan fingerprint density at radius 1 is 1.03 bits per heavy atom. The Hall–Kier alpha value is -3.62. The van der Waals surface area contributed by atoms with E-state index in [1.165, 1.54) is 32.0 Å². The highest BCUT2D eigenvalue weighted by atomic mass is 35.5. The molecule has 0 aliphatic carbocycles. The zero-order valence-electron chi connectivity index (χ0n) is 20.0. The van der Waals surface area contributed by atoms with Gasteiger partial charge in [0, 0.05) is 17.6 Å². The van der Waals surface area contributed by atoms with Gasteiger partial charge in [-0.1, -0.05) is 48.0 Å². The molecule has 0 aliphatic heterocycles. The summed E-state index contributed by atoms with van der Waals surface area (Å²) in [5.74, 6) is -2.75. The van der Waals surface area contributed by atoms with Gasteiger partial charge >= 0.3 is 0 Å². The molecule has 0 saturated carbocycles. The van der Waals surface area contributed by atoms with Crippen molar-refractivity contribution in [2.45, 2.75) is 45.1 Å². The largest absolute Gasteiger partial charge is 0.361 e. The Morgan fingerprint density at radius 2 is 1.75 bits per heavy atom. The molecule has 0 spiro atoms. The van der Waals surface area contributed by atoms with Crippen molar-refractivity contribution in [2.75, 3.05) is 0 Å². The number of rotatable bonds is 11. The van der Waals surface area contributed by atoms with Crippen LogP contribution in [0.1, 0.15) is 30.7 Å². The first-order valence-electron chi connectivity index (χ1n) is 11.3. The molecule has 0 aliphatic rings. The third-order valence-electron chi connectivity index (χ3n) is 5.35. The molecule has 2 N–H and O–H groups in total. The average Bonchev–Trinajstić information content (AvgIpc) is 2.86. The lowest BCUT2D eigenvalue weighted by atomic mass is 10.00. The number of halogens is 2. The van der Waals surface area contributed by atoms with Crippen molar-refractivity contribution in [3.63, 3.8) is 0 Å². The van der Waals surface area contributed by atoms with Crippen LogP contribution in [0.2, 0.25) is 5.02 Å². The van der Waals surface area contributed by atoms with Gasteiger partial charge < -0.3 is 15.4 Å². The van der Waals surface area contributed by atoms with Gasteiger partial charge in [0.2, 0.25) is 5.78 Å². The Morgan fingerprint density at radius 3 is 2.42 bits per heavy atom. The monoisotopic (exact) mass is 511 g/mol. The molecule has 0 unspecified atom stereocenters. The van der Waals surface area contributed by atoms with Crippen LogP contribution in [0.5, 0.6) is 0 Å². The molecule has 1 atom stereocenters. The Bertz CT molecular complexity index is 1190. The molecule has 2 aromatic carbocycles. The third-order valence-corrected chi connectivity index (χ3v) is 5.57. The van der Waals surface area contributed by atoms with Crippen molar-refractivity contribution in [2.24, 2.45) is 0 Å². The van der Waals surface area contributed by atoms with Crippen LogP contribution < -0.4 is 10.6 Å². The lowest BCUT2D eigenvalue weighted by Gasteiger charge is -2.27. The summed E-state index contributed by atoms with van der Waals surface area (Å²) >= 11 is 5.88. The molecule has 0 saturated heterocycles. The van der Waals surface area contributed by atoms with Crippen LogP contribution in [-0.4, -0.2) is 34.2 Å². The number of aromatic nitrogens is 1. The molecule has 9 heteroatoms. The summed E-state index contributed by atoms with van der Waals surface area (Å²) in [6.45, 7) is 3.03. The smallest absolute Gasteiger partial charge is 0.289 e. The molecule has 36 heavy (non-hydrogen) atoms. The van der Waals surface area contributed by atoms with E-state index in [2.05, 4.69) is 15.6 Å². The second-order valence-corrected chi connectivity index (χ2v) is 9.10. The predicted octanol–water partition coefficient (Wildman–Crippen LogP) is 3.78. The number of benzene rings is 2. The zero-order valence-corrected chi connectivity index (χ0v) is 20.7. The van der Waals surface area contributed by atoms with Gasteiger partial charge in [-0.2, -0.15) is 0 Å². The van der Waals surface area contributed by atoms with E-state index in [-0.39, 0.29) is 24.6 Å². The summed E-state index contributed by atoms with van der Waals surface area (Å²) in [4.78, 5) is 42.9. The third kappa shape index (κ3) is 7.96. The maximum atomic E-state index is 13.6. The number of hydrogen-bond acceptors (Lipinski definition) is 5. The first-order chi connectivity index (χ1) is 17.1. The predicted molar refractivity (Wildman–Crippen MR) is 133 cm³/mol. The van der Waals surface area contributed by atoms with Gasteiger partial charge in [0.15, 0.2) is 0 Å². The van der Waals surface area contributed by atoms with E-state index < -0.39 is 35.1 Å². The van der Waals surface area contributed by atoms with E-state index in [0.717, 1.165) is 5.56 Å². The number of amides is 2. The fraction of sp³-hybridized carbons (Fsp3) is 0.259. The topological polar surface area (TPSA) is 97.4 Å². The van der Waals surface area contributed by atoms with Gasteiger partial charge in [-0.3, -0.25) is 19.4 Å². The van der Waals surface area contributed by atoms with Crippen LogP contribution in [0.4, 0.5) is 4.39 Å². The molecule has 7 nitrogen and oxygen atoms in total. The van der Waals surface area contributed by atoms with Crippen molar-refractivity contribution < 1.29 is 23.5 Å². The van der Waals surface area contributed by atoms with Crippen molar-refractivity contribution in [1.29, 1.82) is 0 Å². The maximum absolute atomic E-state index is 13.6. The maximum Gasteiger partial charge on any atom is 0.289 e. The van der Waals surface area contributed by atoms with Crippen LogP contribution in [-0.2, 0) is 38.7 Å². The summed E-state index contributed by atoms with van der Waals surface area (Å²) in [5, 5.41) is 5.42. The van der Waals surface area contributed by atoms with Gasteiger partial charge in [-0.25, -0.2) is 4.39 Å². The zero-order chi connectivity index (χ0) is 26.1. The van der Waals surface area contributed by atoms with Gasteiger partial charge in [0.25, 0.3) is 11.8 Å². The molecular weight excluding hydrogens is 485 g/mol. The number of nitrogens with one attached hydrogen (secondary N) is 2. The number of ether oxygens (including phenoxy) is 1. The minimum atomic E-state index is -1.39. The number of carbonyl (C=O) groups excluding carboxylic acids is 3. The lowest BCUT2D eigenvalue weighted by Crippen LogP contribution is -2.54. The van der Waals surface area contributed by atoms with Crippen LogP contribution >= 0.6 is 11.6 Å². The molecule has 0 fully saturated rings. The molecule has 0 radical (unpaired) electrons. The van der Waals surface area contributed by atoms with E-state index >= 15 is 0 Å². The summed E-state index contributed by atoms with van der Waals surface area (Å²) in [5.41, 5.74) is 0.418. The van der Waals surface area contributed by atoms with Crippen molar-refractivity contribution in [1.82, 2.24) is 15.6 Å². The molecule has 2 amide bonds. The molecule has 1 aromatic heterocycles. The van der Waals surface area contributed by atoms with Crippen molar-refractivity contribution >= 4 is 29.2 Å². The van der Waals surface area contributed by atoms with Crippen LogP contribution in [0.3, 0.4) is 0 Å². The second kappa shape index (κ2) is 12.4. The minimum absolute atomic E-state index is 0.0716. The van der Waals surface area contributed by atoms with E-state index in [9.17, 15) is 18.8 Å². The highest BCUT2D eigenvalue weighted by Gasteiger charge is 2.34. The molecule has 1 heterocycles. The molecular formula is C27H27ClFN3O4. The van der Waals surface area contributed by atoms with Crippen LogP contribution in [0.15, 0.2) is 72.9 Å². The van der Waals surface area contributed by atoms with E-state index in [4.69, 9.17) is 16.3 Å². The number of nitrogens with zero attached hydrogens (tertiary/aromatic N) is 1. The van der Waals surface area contributed by atoms with Crippen molar-refractivity contribution in [3.05, 3.63) is 101 Å². The average molecular weight is 512 g/mol. The lowest BCUT2D eigenvalue weighted by molar-refractivity contribution is -0.147. The number of carbonyl (C=O) groups is 3. The molecule has 3 rings (SSSR count). The van der Waals surface area contributed by atoms with E-state index in [0.29, 0.717) is 11.3 Å². The van der Waals surface area contributed by atoms with Gasteiger partial charge in [0.1, 0.15) is 17.5 Å². The van der Waals surface area contributed by atoms with Gasteiger partial charge in [-0.05, 0) is 55.3 Å². The highest BCUT2D eigenvalue weighted by molar-refractivity contribution is 6.38. The SMILES string of the molecule is CC(C)(OCc1cc(F)cc(Cl)c1)C(=O)N[C@H](Cc1ccccc1)C(=O)C(=O)NCc1ccccn1. The Labute approximate surface area is 214 Å². The van der Waals surface area contributed by atoms with Gasteiger partial charge in [0.05, 0.1) is 18.8 Å². The molecule has 0 bridgehead atoms. The quantitative estimate of drug-likeness (QED) is 0.382. The van der Waals surface area contributed by atoms with Crippen molar-refractivity contribution in [3.8, 4) is 0 Å². The Balaban J connectivity index is 1.69. The summed E-state index contributed by atoms with van der Waals surface area (Å²) in [6, 6.07) is 17.1. The summed E-state index contributed by atoms with van der Waals surface area (Å²) in [7, 11) is 0. The highest BCUT2D eigenvalue weighted by Crippen LogP contribution is 2.19. The fourth-order valence-electron chi connectivity index (χ4n) is 3.33. The first kappa shape index (κ1) is 27.0. The number of hydrogen-bond donors (Lipinski definition) is 2. The van der Waals surface area contributed by atoms with Gasteiger partial charge in [-0.15, -0.1) is 0 Å². The second-order valence-electron chi connectivity index (χ2n) is 8.66. The standard InChI is InChI=1S/C27H27ClFN3O4/c1-27(2,36-17-19-12-20(28)15-21(29)13-19)26(35)32-23(14-18-8-4-3-5-9-18)24(33)25(34)31-16-22-10-6-7-11-30-22/h3-13,15,23H,14,16-17H2,1-2H3,(H,31,34)(H,32,35)/t23-/m1/s1. The molecule has 3 aromatic rings. The minimum Gasteiger partial charge on any atom is -0.361 e. The summed E-state index contributed by atoms with van der Waals surface area (Å²) in [6.07, 6.45) is 1.69. The number of Topliss-reactive ketones (excluding diaryl/α,β-unsaturated/α-hetero) is 1. The molecule has 188 valence electrons. The first-order valence-corrected chi connectivity index (χ1v) is 11.7. The number of ketones is 1. The summed E-state index contributed by atoms with van der Waals surface area (Å²) < 4.78 is 19.3. The normalized spacial score (nSPS) is 12.0. The van der Waals surface area contributed by atoms with E-state index in [1.54, 1.807) is 48.7 Å². The van der Waals surface area contributed by atoms with E-state index in [1.807, 2.05) is 6.07 Å². The Kier molecular flexibility index (Phi) is 9.27. The number of pyridine rings is 1. The fourth-order valence-corrected chi connectivity index (χ4v) is 3.58. The van der Waals surface area contributed by atoms with Crippen LogP contribution in [0.25, 0.3) is 0 Å². The van der Waals surface area contributed by atoms with Crippen LogP contribution in [0, 0.1) is 5.82 Å².